The Labute approximate surface area is 104 Å². The molecule has 0 heterocycles. The lowest BCUT2D eigenvalue weighted by molar-refractivity contribution is 0.0235. The van der Waals surface area contributed by atoms with Crippen molar-refractivity contribution in [2.75, 3.05) is 6.54 Å². The summed E-state index contributed by atoms with van der Waals surface area (Å²) >= 11 is 0. The summed E-state index contributed by atoms with van der Waals surface area (Å²) in [5.41, 5.74) is 5.57. The minimum Gasteiger partial charge on any atom is -0.329 e. The predicted octanol–water partition coefficient (Wildman–Crippen LogP) is 1.57. The van der Waals surface area contributed by atoms with E-state index in [-0.39, 0.29) is 17.0 Å². The van der Waals surface area contributed by atoms with E-state index in [2.05, 4.69) is 0 Å². The molecule has 17 heavy (non-hydrogen) atoms. The fourth-order valence-corrected chi connectivity index (χ4v) is 7.14. The minimum absolute atomic E-state index is 0.0613. The molecule has 4 fully saturated rings. The fraction of sp³-hybridized carbons (Fsp3) is 1.00. The van der Waals surface area contributed by atoms with Gasteiger partial charge in [-0.05, 0) is 62.7 Å². The lowest BCUT2D eigenvalue weighted by Crippen LogP contribution is -2.54. The van der Waals surface area contributed by atoms with Gasteiger partial charge in [0.25, 0.3) is 0 Å². The first kappa shape index (κ1) is 12.0. The second-order valence-corrected chi connectivity index (χ2v) is 9.06. The summed E-state index contributed by atoms with van der Waals surface area (Å²) in [5, 5.41) is -0.418. The highest BCUT2D eigenvalue weighted by Gasteiger charge is 2.53. The van der Waals surface area contributed by atoms with Crippen LogP contribution in [0, 0.1) is 23.7 Å². The van der Waals surface area contributed by atoms with Gasteiger partial charge in [-0.1, -0.05) is 0 Å². The van der Waals surface area contributed by atoms with Crippen LogP contribution >= 0.6 is 0 Å². The Balaban J connectivity index is 1.89. The average Bonchev–Trinajstić information content (AvgIpc) is 2.25. The molecule has 0 aromatic heterocycles. The maximum absolute atomic E-state index is 12.6. The third kappa shape index (κ3) is 1.75. The summed E-state index contributed by atoms with van der Waals surface area (Å²) in [6.07, 6.45) is 6.01. The molecule has 4 saturated carbocycles. The molecule has 4 heteroatoms. The quantitative estimate of drug-likeness (QED) is 0.835. The highest BCUT2D eigenvalue weighted by molar-refractivity contribution is 7.92. The van der Waals surface area contributed by atoms with Crippen LogP contribution in [0.15, 0.2) is 0 Å². The molecule has 0 saturated heterocycles. The van der Waals surface area contributed by atoms with Crippen LogP contribution in [0.1, 0.15) is 39.0 Å². The monoisotopic (exact) mass is 257 g/mol. The summed E-state index contributed by atoms with van der Waals surface area (Å²) < 4.78 is 25.1. The van der Waals surface area contributed by atoms with E-state index in [4.69, 9.17) is 5.73 Å². The first-order chi connectivity index (χ1) is 8.02. The predicted molar refractivity (Wildman–Crippen MR) is 68.3 cm³/mol. The minimum atomic E-state index is -3.00. The largest absolute Gasteiger partial charge is 0.329 e. The lowest BCUT2D eigenvalue weighted by atomic mass is 9.56. The van der Waals surface area contributed by atoms with E-state index in [9.17, 15) is 8.42 Å². The molecule has 0 aromatic rings. The summed E-state index contributed by atoms with van der Waals surface area (Å²) in [7, 11) is -3.00. The average molecular weight is 257 g/mol. The SMILES string of the molecule is CC(CN)S(=O)(=O)C1C2CC3CC(C2)CC1C3. The van der Waals surface area contributed by atoms with Crippen molar-refractivity contribution in [1.29, 1.82) is 0 Å². The van der Waals surface area contributed by atoms with Crippen LogP contribution < -0.4 is 5.73 Å². The van der Waals surface area contributed by atoms with Crippen LogP contribution in [0.2, 0.25) is 0 Å². The van der Waals surface area contributed by atoms with Gasteiger partial charge in [0.15, 0.2) is 9.84 Å². The van der Waals surface area contributed by atoms with Gasteiger partial charge in [0.05, 0.1) is 10.5 Å². The van der Waals surface area contributed by atoms with E-state index < -0.39 is 9.84 Å². The zero-order valence-corrected chi connectivity index (χ0v) is 11.3. The van der Waals surface area contributed by atoms with Gasteiger partial charge in [-0.2, -0.15) is 0 Å². The van der Waals surface area contributed by atoms with Crippen LogP contribution in [0.5, 0.6) is 0 Å². The number of hydrogen-bond donors (Lipinski definition) is 1. The topological polar surface area (TPSA) is 60.2 Å². The van der Waals surface area contributed by atoms with E-state index in [1.807, 2.05) is 0 Å². The molecule has 0 radical (unpaired) electrons. The van der Waals surface area contributed by atoms with Crippen LogP contribution in [-0.4, -0.2) is 25.5 Å². The van der Waals surface area contributed by atoms with Crippen molar-refractivity contribution in [2.24, 2.45) is 29.4 Å². The molecule has 4 bridgehead atoms. The Morgan fingerprint density at radius 1 is 1.06 bits per heavy atom. The number of rotatable bonds is 3. The molecule has 0 amide bonds. The van der Waals surface area contributed by atoms with Crippen LogP contribution in [0.4, 0.5) is 0 Å². The molecule has 4 aliphatic rings. The molecular weight excluding hydrogens is 234 g/mol. The zero-order valence-electron chi connectivity index (χ0n) is 10.5. The van der Waals surface area contributed by atoms with Gasteiger partial charge < -0.3 is 5.73 Å². The van der Waals surface area contributed by atoms with E-state index in [1.54, 1.807) is 6.92 Å². The van der Waals surface area contributed by atoms with E-state index in [0.717, 1.165) is 37.5 Å². The van der Waals surface area contributed by atoms with Crippen molar-refractivity contribution in [3.63, 3.8) is 0 Å². The highest BCUT2D eigenvalue weighted by atomic mass is 32.2. The Morgan fingerprint density at radius 3 is 1.94 bits per heavy atom. The van der Waals surface area contributed by atoms with E-state index in [1.165, 1.54) is 6.42 Å². The smallest absolute Gasteiger partial charge is 0.157 e. The van der Waals surface area contributed by atoms with Crippen LogP contribution in [0.3, 0.4) is 0 Å². The Hall–Kier alpha value is -0.0900. The lowest BCUT2D eigenvalue weighted by Gasteiger charge is -2.54. The van der Waals surface area contributed by atoms with E-state index in [0.29, 0.717) is 11.8 Å². The summed E-state index contributed by atoms with van der Waals surface area (Å²) in [5.74, 6) is 2.56. The van der Waals surface area contributed by atoms with Crippen molar-refractivity contribution < 1.29 is 8.42 Å². The molecule has 0 spiro atoms. The van der Waals surface area contributed by atoms with Crippen molar-refractivity contribution >= 4 is 9.84 Å². The molecule has 0 aliphatic heterocycles. The van der Waals surface area contributed by atoms with Gasteiger partial charge >= 0.3 is 0 Å². The van der Waals surface area contributed by atoms with Crippen molar-refractivity contribution in [1.82, 2.24) is 0 Å². The third-order valence-electron chi connectivity index (χ3n) is 5.41. The van der Waals surface area contributed by atoms with Gasteiger partial charge in [0, 0.05) is 6.54 Å². The number of nitrogens with two attached hydrogens (primary N) is 1. The standard InChI is InChI=1S/C13H23NO2S/c1-8(7-14)17(15,16)13-11-3-9-2-10(5-11)6-12(13)4-9/h8-13H,2-7,14H2,1H3. The molecule has 0 aromatic carbocycles. The second kappa shape index (κ2) is 3.95. The van der Waals surface area contributed by atoms with Gasteiger partial charge in [-0.3, -0.25) is 0 Å². The molecule has 98 valence electrons. The normalized spacial score (nSPS) is 46.1. The fourth-order valence-electron chi connectivity index (χ4n) is 4.81. The highest BCUT2D eigenvalue weighted by Crippen LogP contribution is 2.56. The summed E-state index contributed by atoms with van der Waals surface area (Å²) in [6.45, 7) is 2.05. The van der Waals surface area contributed by atoms with Crippen LogP contribution in [0.25, 0.3) is 0 Å². The molecule has 1 atom stereocenters. The van der Waals surface area contributed by atoms with Crippen molar-refractivity contribution in [2.45, 2.75) is 49.5 Å². The zero-order chi connectivity index (χ0) is 12.2. The Bertz CT molecular complexity index is 376. The molecule has 4 aliphatic carbocycles. The summed E-state index contributed by atoms with van der Waals surface area (Å²) in [6, 6.07) is 0. The molecule has 1 unspecified atom stereocenters. The Morgan fingerprint density at radius 2 is 1.53 bits per heavy atom. The third-order valence-corrected chi connectivity index (χ3v) is 8.25. The summed E-state index contributed by atoms with van der Waals surface area (Å²) in [4.78, 5) is 0. The first-order valence-electron chi connectivity index (χ1n) is 6.95. The molecule has 2 N–H and O–H groups in total. The van der Waals surface area contributed by atoms with Gasteiger partial charge in [0.2, 0.25) is 0 Å². The van der Waals surface area contributed by atoms with Crippen molar-refractivity contribution in [3.05, 3.63) is 0 Å². The maximum atomic E-state index is 12.6. The molecule has 4 rings (SSSR count). The van der Waals surface area contributed by atoms with Gasteiger partial charge in [-0.25, -0.2) is 8.42 Å². The first-order valence-corrected chi connectivity index (χ1v) is 8.56. The maximum Gasteiger partial charge on any atom is 0.157 e. The van der Waals surface area contributed by atoms with E-state index >= 15 is 0 Å². The number of sulfone groups is 1. The van der Waals surface area contributed by atoms with Crippen LogP contribution in [-0.2, 0) is 9.84 Å². The second-order valence-electron chi connectivity index (χ2n) is 6.53. The molecule has 3 nitrogen and oxygen atoms in total. The number of hydrogen-bond acceptors (Lipinski definition) is 3. The Kier molecular flexibility index (Phi) is 2.78. The van der Waals surface area contributed by atoms with Gasteiger partial charge in [-0.15, -0.1) is 0 Å². The van der Waals surface area contributed by atoms with Gasteiger partial charge in [0.1, 0.15) is 0 Å². The van der Waals surface area contributed by atoms with Crippen molar-refractivity contribution in [3.8, 4) is 0 Å². The molecular formula is C13H23NO2S.